The number of hydrogen-bond acceptors (Lipinski definition) is 12. The highest BCUT2D eigenvalue weighted by Gasteiger charge is 2.41. The average molecular weight is 833 g/mol. The molecule has 0 bridgehead atoms. The molecule has 1 fully saturated rings. The molecule has 14 nitrogen and oxygen atoms in total. The first-order valence-electron chi connectivity index (χ1n) is 21.1. The third-order valence-corrected chi connectivity index (χ3v) is 11.3. The molecule has 7 rings (SSSR count). The summed E-state index contributed by atoms with van der Waals surface area (Å²) in [4.78, 5) is 45.4. The fourth-order valence-corrected chi connectivity index (χ4v) is 8.26. The fourth-order valence-electron chi connectivity index (χ4n) is 8.26. The maximum atomic E-state index is 13.6. The molecule has 0 spiro atoms. The molecule has 0 saturated carbocycles. The number of rotatable bonds is 17. The fraction of sp³-hybridized carbons (Fsp3) is 0.426. The Labute approximate surface area is 356 Å². The zero-order valence-electron chi connectivity index (χ0n) is 35.8. The summed E-state index contributed by atoms with van der Waals surface area (Å²) in [6.45, 7) is 12.1. The smallest absolute Gasteiger partial charge is 0.336 e. The lowest BCUT2D eigenvalue weighted by Gasteiger charge is -2.35. The number of ether oxygens (including phenoxy) is 4. The van der Waals surface area contributed by atoms with Crippen molar-refractivity contribution in [1.82, 2.24) is 30.8 Å². The second-order valence-electron chi connectivity index (χ2n) is 16.7. The van der Waals surface area contributed by atoms with Crippen molar-refractivity contribution in [3.63, 3.8) is 0 Å². The van der Waals surface area contributed by atoms with Crippen molar-refractivity contribution in [2.75, 3.05) is 33.4 Å². The Hall–Kier alpha value is -5.99. The van der Waals surface area contributed by atoms with Gasteiger partial charge in [0.2, 0.25) is 0 Å². The van der Waals surface area contributed by atoms with E-state index in [1.54, 1.807) is 32.0 Å². The van der Waals surface area contributed by atoms with Crippen molar-refractivity contribution in [3.05, 3.63) is 112 Å². The predicted octanol–water partition coefficient (Wildman–Crippen LogP) is 8.00. The van der Waals surface area contributed by atoms with E-state index < -0.39 is 17.9 Å². The highest BCUT2D eigenvalue weighted by atomic mass is 16.6. The molecule has 2 aliphatic heterocycles. The van der Waals surface area contributed by atoms with Crippen molar-refractivity contribution < 1.29 is 38.0 Å². The van der Waals surface area contributed by atoms with E-state index in [0.717, 1.165) is 55.1 Å². The topological polar surface area (TPSA) is 170 Å². The second kappa shape index (κ2) is 19.2. The van der Waals surface area contributed by atoms with Crippen LogP contribution in [0.3, 0.4) is 0 Å². The number of fused-ring (bicyclic) bond motifs is 2. The molecule has 1 unspecified atom stereocenters. The first-order valence-corrected chi connectivity index (χ1v) is 21.1. The summed E-state index contributed by atoms with van der Waals surface area (Å²) in [5.74, 6) is -1.31. The normalized spacial score (nSPS) is 18.4. The lowest BCUT2D eigenvalue weighted by Crippen LogP contribution is -2.42. The van der Waals surface area contributed by atoms with Crippen LogP contribution in [0.1, 0.15) is 107 Å². The Bertz CT molecular complexity index is 2410. The number of dihydropyridines is 1. The summed E-state index contributed by atoms with van der Waals surface area (Å²) in [5.41, 5.74) is 5.69. The minimum Gasteiger partial charge on any atom is -0.490 e. The van der Waals surface area contributed by atoms with Crippen LogP contribution in [0.4, 0.5) is 0 Å². The number of nitrogens with one attached hydrogen (secondary N) is 3. The maximum absolute atomic E-state index is 13.6. The highest BCUT2D eigenvalue weighted by Crippen LogP contribution is 2.41. The van der Waals surface area contributed by atoms with Gasteiger partial charge in [0.1, 0.15) is 41.4 Å². The van der Waals surface area contributed by atoms with Crippen molar-refractivity contribution in [2.24, 2.45) is 0 Å². The molecule has 3 atom stereocenters. The lowest BCUT2D eigenvalue weighted by molar-refractivity contribution is -0.139. The van der Waals surface area contributed by atoms with Crippen LogP contribution in [0.2, 0.25) is 0 Å². The van der Waals surface area contributed by atoms with Crippen LogP contribution in [-0.4, -0.2) is 83.1 Å². The molecule has 61 heavy (non-hydrogen) atoms. The SMILES string of the molecule is COC(=O)C1=C(C)NC(C)=C(C(=O)OCCCCCCCCNC(=O)c2cc3c(OC[C@@H]4CN(C(C)(C)C)C(c5ccccc5)O4)cccc3[nH]2)[C@H]1c1cccc2nonc12. The monoisotopic (exact) mass is 832 g/mol. The second-order valence-corrected chi connectivity index (χ2v) is 16.7. The van der Waals surface area contributed by atoms with Gasteiger partial charge in [-0.2, -0.15) is 0 Å². The Kier molecular flexibility index (Phi) is 13.5. The molecule has 2 aromatic heterocycles. The van der Waals surface area contributed by atoms with Gasteiger partial charge in [0.15, 0.2) is 0 Å². The highest BCUT2D eigenvalue weighted by molar-refractivity contribution is 6.01. The molecular formula is C47H56N6O8. The molecule has 4 heterocycles. The van der Waals surface area contributed by atoms with Crippen molar-refractivity contribution in [3.8, 4) is 5.75 Å². The van der Waals surface area contributed by atoms with Gasteiger partial charge in [0, 0.05) is 40.9 Å². The Morgan fingerprint density at radius 1 is 0.869 bits per heavy atom. The van der Waals surface area contributed by atoms with Crippen LogP contribution in [0.5, 0.6) is 5.75 Å². The summed E-state index contributed by atoms with van der Waals surface area (Å²) in [5, 5.41) is 15.1. The van der Waals surface area contributed by atoms with E-state index in [1.165, 1.54) is 7.11 Å². The van der Waals surface area contributed by atoms with Crippen LogP contribution >= 0.6 is 0 Å². The number of methoxy groups -OCH3 is 1. The Morgan fingerprint density at radius 3 is 2.34 bits per heavy atom. The van der Waals surface area contributed by atoms with Crippen LogP contribution in [0, 0.1) is 0 Å². The summed E-state index contributed by atoms with van der Waals surface area (Å²) in [6, 6.07) is 23.3. The van der Waals surface area contributed by atoms with E-state index in [2.05, 4.69) is 63.7 Å². The predicted molar refractivity (Wildman–Crippen MR) is 230 cm³/mol. The maximum Gasteiger partial charge on any atom is 0.336 e. The number of nitrogens with zero attached hydrogens (tertiary/aromatic N) is 3. The minimum atomic E-state index is -0.781. The number of allylic oxidation sites excluding steroid dienone is 2. The van der Waals surface area contributed by atoms with E-state index in [-0.39, 0.29) is 30.4 Å². The minimum absolute atomic E-state index is 0.0818. The van der Waals surface area contributed by atoms with Gasteiger partial charge in [0.25, 0.3) is 5.91 Å². The van der Waals surface area contributed by atoms with E-state index in [0.29, 0.717) is 70.2 Å². The molecule has 0 aliphatic carbocycles. The Morgan fingerprint density at radius 2 is 1.59 bits per heavy atom. The first kappa shape index (κ1) is 43.1. The molecule has 1 saturated heterocycles. The van der Waals surface area contributed by atoms with E-state index in [4.69, 9.17) is 23.6 Å². The van der Waals surface area contributed by atoms with Crippen molar-refractivity contribution in [1.29, 1.82) is 0 Å². The zero-order chi connectivity index (χ0) is 43.1. The third-order valence-electron chi connectivity index (χ3n) is 11.3. The lowest BCUT2D eigenvalue weighted by atomic mass is 9.80. The van der Waals surface area contributed by atoms with Gasteiger partial charge in [-0.1, -0.05) is 74.2 Å². The van der Waals surface area contributed by atoms with E-state index in [1.807, 2.05) is 42.5 Å². The number of amides is 1. The molecule has 14 heteroatoms. The third kappa shape index (κ3) is 9.81. The van der Waals surface area contributed by atoms with Crippen LogP contribution < -0.4 is 15.4 Å². The molecular weight excluding hydrogens is 777 g/mol. The first-order chi connectivity index (χ1) is 29.4. The van der Waals surface area contributed by atoms with Gasteiger partial charge in [-0.15, -0.1) is 0 Å². The van der Waals surface area contributed by atoms with Crippen LogP contribution in [0.25, 0.3) is 21.9 Å². The average Bonchev–Trinajstić information content (AvgIpc) is 4.02. The van der Waals surface area contributed by atoms with E-state index in [9.17, 15) is 14.4 Å². The van der Waals surface area contributed by atoms with Gasteiger partial charge >= 0.3 is 11.9 Å². The number of H-pyrrole nitrogens is 1. The van der Waals surface area contributed by atoms with Gasteiger partial charge < -0.3 is 34.6 Å². The van der Waals surface area contributed by atoms with Crippen LogP contribution in [0.15, 0.2) is 100.0 Å². The quantitative estimate of drug-likeness (QED) is 0.0611. The largest absolute Gasteiger partial charge is 0.490 e. The summed E-state index contributed by atoms with van der Waals surface area (Å²) in [7, 11) is 1.31. The molecule has 0 radical (unpaired) electrons. The van der Waals surface area contributed by atoms with Crippen LogP contribution in [-0.2, 0) is 23.8 Å². The molecule has 3 aromatic carbocycles. The number of aromatic amines is 1. The van der Waals surface area contributed by atoms with E-state index >= 15 is 0 Å². The van der Waals surface area contributed by atoms with Crippen molar-refractivity contribution >= 4 is 39.8 Å². The summed E-state index contributed by atoms with van der Waals surface area (Å²) < 4.78 is 28.7. The summed E-state index contributed by atoms with van der Waals surface area (Å²) in [6.07, 6.45) is 5.06. The van der Waals surface area contributed by atoms with Gasteiger partial charge in [0.05, 0.1) is 30.8 Å². The number of hydrogen-bond donors (Lipinski definition) is 3. The number of carbonyl (C=O) groups excluding carboxylic acids is 3. The van der Waals surface area contributed by atoms with Gasteiger partial charge in [-0.05, 0) is 93.2 Å². The van der Waals surface area contributed by atoms with Gasteiger partial charge in [-0.3, -0.25) is 9.69 Å². The molecule has 2 aliphatic rings. The number of benzene rings is 3. The number of aromatic nitrogens is 3. The Balaban J connectivity index is 0.831. The molecule has 3 N–H and O–H groups in total. The van der Waals surface area contributed by atoms with Gasteiger partial charge in [-0.25, -0.2) is 14.2 Å². The number of carbonyl (C=O) groups is 3. The standard InChI is InChI=1S/C47H56N6O8/c1-29-39(45(55)57-6)41(33-20-16-22-36-42(33)52-61-51-36)40(30(2)49-29)46(56)58-25-15-10-8-7-9-14-24-48-43(54)37-26-34-35(50-37)21-17-23-38(34)59-28-32-27-53(47(3,4)5)44(60-32)31-18-12-11-13-19-31/h11-13,16-23,26,32,41,44,49-50H,7-10,14-15,24-25,27-28H2,1-6H3,(H,48,54)/t32-,41-,44?/m0/s1. The zero-order valence-corrected chi connectivity index (χ0v) is 35.8. The van der Waals surface area contributed by atoms with Crippen molar-refractivity contribution in [2.45, 2.75) is 96.9 Å². The summed E-state index contributed by atoms with van der Waals surface area (Å²) >= 11 is 0. The molecule has 322 valence electrons. The number of esters is 2. The molecule has 5 aromatic rings. The molecule has 1 amide bonds. The number of unbranched alkanes of at least 4 members (excludes halogenated alkanes) is 5.